The fraction of sp³-hybridized carbons (Fsp3) is 0.533. The summed E-state index contributed by atoms with van der Waals surface area (Å²) >= 11 is 0. The highest BCUT2D eigenvalue weighted by Crippen LogP contribution is 2.40. The summed E-state index contributed by atoms with van der Waals surface area (Å²) in [5, 5.41) is 11.8. The number of carboxylic acids is 1. The van der Waals surface area contributed by atoms with Crippen molar-refractivity contribution >= 4 is 17.8 Å². The maximum absolute atomic E-state index is 12.2. The minimum Gasteiger partial charge on any atom is -0.481 e. The second-order valence-electron chi connectivity index (χ2n) is 5.78. The summed E-state index contributed by atoms with van der Waals surface area (Å²) in [4.78, 5) is 28.9. The molecule has 0 spiro atoms. The van der Waals surface area contributed by atoms with Crippen molar-refractivity contribution in [1.29, 1.82) is 0 Å². The van der Waals surface area contributed by atoms with Crippen LogP contribution in [0.1, 0.15) is 37.2 Å². The summed E-state index contributed by atoms with van der Waals surface area (Å²) < 4.78 is 0. The molecule has 1 aromatic rings. The number of amides is 2. The molecule has 1 aliphatic heterocycles. The predicted molar refractivity (Wildman–Crippen MR) is 77.2 cm³/mol. The van der Waals surface area contributed by atoms with Crippen LogP contribution in [0.5, 0.6) is 0 Å². The summed E-state index contributed by atoms with van der Waals surface area (Å²) in [5.74, 6) is 0.0963. The molecule has 1 saturated carbocycles. The van der Waals surface area contributed by atoms with Crippen LogP contribution in [-0.4, -0.2) is 40.1 Å². The number of aliphatic carboxylic acids is 1. The van der Waals surface area contributed by atoms with E-state index in [0.29, 0.717) is 37.7 Å². The maximum atomic E-state index is 12.2. The predicted octanol–water partition coefficient (Wildman–Crippen LogP) is 2.29. The summed E-state index contributed by atoms with van der Waals surface area (Å²) in [6.07, 6.45) is 5.16. The van der Waals surface area contributed by atoms with Gasteiger partial charge in [-0.25, -0.2) is 9.78 Å². The summed E-state index contributed by atoms with van der Waals surface area (Å²) in [6.45, 7) is 0.955. The van der Waals surface area contributed by atoms with Gasteiger partial charge < -0.3 is 10.0 Å². The van der Waals surface area contributed by atoms with E-state index in [2.05, 4.69) is 10.3 Å². The molecular formula is C15H19N3O3. The third-order valence-electron chi connectivity index (χ3n) is 4.20. The Labute approximate surface area is 123 Å². The normalized spacial score (nSPS) is 19.3. The lowest BCUT2D eigenvalue weighted by Crippen LogP contribution is -2.42. The van der Waals surface area contributed by atoms with Crippen LogP contribution in [0.2, 0.25) is 0 Å². The van der Waals surface area contributed by atoms with Gasteiger partial charge in [0.25, 0.3) is 0 Å². The van der Waals surface area contributed by atoms with Crippen LogP contribution in [0.3, 0.4) is 0 Å². The Morgan fingerprint density at radius 1 is 1.24 bits per heavy atom. The van der Waals surface area contributed by atoms with Crippen LogP contribution in [-0.2, 0) is 4.79 Å². The number of likely N-dealkylation sites (tertiary alicyclic amines) is 1. The maximum Gasteiger partial charge on any atom is 0.323 e. The molecule has 2 aliphatic rings. The number of pyridine rings is 1. The lowest BCUT2D eigenvalue weighted by Gasteiger charge is -2.30. The van der Waals surface area contributed by atoms with Gasteiger partial charge in [0, 0.05) is 19.3 Å². The number of anilines is 1. The van der Waals surface area contributed by atoms with Gasteiger partial charge in [0.05, 0.1) is 5.92 Å². The van der Waals surface area contributed by atoms with E-state index in [-0.39, 0.29) is 11.9 Å². The standard InChI is InChI=1S/C15H19N3O3/c19-14(20)11-4-7-18(8-5-11)15(21)17-13-9-12(3-6-16-13)10-1-2-10/h3,6,9-11H,1-2,4-5,7-8H2,(H,19,20)(H,16,17,21). The summed E-state index contributed by atoms with van der Waals surface area (Å²) in [6, 6.07) is 3.73. The third kappa shape index (κ3) is 3.32. The van der Waals surface area contributed by atoms with Gasteiger partial charge in [-0.05, 0) is 49.3 Å². The molecule has 21 heavy (non-hydrogen) atoms. The Hall–Kier alpha value is -2.11. The second-order valence-corrected chi connectivity index (χ2v) is 5.78. The van der Waals surface area contributed by atoms with E-state index >= 15 is 0 Å². The zero-order chi connectivity index (χ0) is 14.8. The summed E-state index contributed by atoms with van der Waals surface area (Å²) in [5.41, 5.74) is 1.23. The molecule has 0 aromatic carbocycles. The highest BCUT2D eigenvalue weighted by Gasteiger charge is 2.27. The fourth-order valence-corrected chi connectivity index (χ4v) is 2.70. The van der Waals surface area contributed by atoms with E-state index < -0.39 is 5.97 Å². The SMILES string of the molecule is O=C(O)C1CCN(C(=O)Nc2cc(C3CC3)ccn2)CC1. The molecule has 3 rings (SSSR count). The van der Waals surface area contributed by atoms with Crippen LogP contribution in [0, 0.1) is 5.92 Å². The van der Waals surface area contributed by atoms with Crippen LogP contribution in [0.15, 0.2) is 18.3 Å². The van der Waals surface area contributed by atoms with E-state index in [9.17, 15) is 9.59 Å². The number of hydrogen-bond donors (Lipinski definition) is 2. The number of carbonyl (C=O) groups is 2. The van der Waals surface area contributed by atoms with Crippen LogP contribution < -0.4 is 5.32 Å². The fourth-order valence-electron chi connectivity index (χ4n) is 2.70. The monoisotopic (exact) mass is 289 g/mol. The minimum atomic E-state index is -0.770. The molecule has 2 heterocycles. The van der Waals surface area contributed by atoms with E-state index in [0.717, 1.165) is 0 Å². The molecule has 1 saturated heterocycles. The first-order chi connectivity index (χ1) is 10.1. The van der Waals surface area contributed by atoms with Gasteiger partial charge in [-0.3, -0.25) is 10.1 Å². The molecule has 0 atom stereocenters. The minimum absolute atomic E-state index is 0.195. The van der Waals surface area contributed by atoms with Gasteiger partial charge in [-0.2, -0.15) is 0 Å². The first kappa shape index (κ1) is 13.9. The highest BCUT2D eigenvalue weighted by molar-refractivity contribution is 5.88. The quantitative estimate of drug-likeness (QED) is 0.894. The Morgan fingerprint density at radius 3 is 2.57 bits per heavy atom. The van der Waals surface area contributed by atoms with E-state index in [1.54, 1.807) is 11.1 Å². The lowest BCUT2D eigenvalue weighted by atomic mass is 9.97. The van der Waals surface area contributed by atoms with Crippen molar-refractivity contribution in [3.63, 3.8) is 0 Å². The topological polar surface area (TPSA) is 82.5 Å². The number of nitrogens with zero attached hydrogens (tertiary/aromatic N) is 2. The molecule has 1 aliphatic carbocycles. The number of urea groups is 1. The number of carbonyl (C=O) groups excluding carboxylic acids is 1. The van der Waals surface area contributed by atoms with Crippen molar-refractivity contribution in [3.05, 3.63) is 23.9 Å². The first-order valence-corrected chi connectivity index (χ1v) is 7.38. The molecule has 0 bridgehead atoms. The molecule has 2 N–H and O–H groups in total. The van der Waals surface area contributed by atoms with Gasteiger partial charge in [-0.15, -0.1) is 0 Å². The Morgan fingerprint density at radius 2 is 1.95 bits per heavy atom. The largest absolute Gasteiger partial charge is 0.481 e. The molecule has 6 heteroatoms. The van der Waals surface area contributed by atoms with Gasteiger partial charge in [-0.1, -0.05) is 0 Å². The van der Waals surface area contributed by atoms with Gasteiger partial charge >= 0.3 is 12.0 Å². The molecule has 112 valence electrons. The molecule has 0 radical (unpaired) electrons. The zero-order valence-corrected chi connectivity index (χ0v) is 11.8. The van der Waals surface area contributed by atoms with Crippen molar-refractivity contribution in [3.8, 4) is 0 Å². The molecule has 0 unspecified atom stereocenters. The van der Waals surface area contributed by atoms with E-state index in [1.165, 1.54) is 18.4 Å². The average molecular weight is 289 g/mol. The number of carboxylic acid groups (broad SMARTS) is 1. The highest BCUT2D eigenvalue weighted by atomic mass is 16.4. The molecular weight excluding hydrogens is 270 g/mol. The molecule has 2 fully saturated rings. The van der Waals surface area contributed by atoms with E-state index in [1.807, 2.05) is 12.1 Å². The van der Waals surface area contributed by atoms with E-state index in [4.69, 9.17) is 5.11 Å². The van der Waals surface area contributed by atoms with Crippen LogP contribution >= 0.6 is 0 Å². The number of nitrogens with one attached hydrogen (secondary N) is 1. The van der Waals surface area contributed by atoms with Crippen molar-refractivity contribution < 1.29 is 14.7 Å². The number of aromatic nitrogens is 1. The average Bonchev–Trinajstić information content (AvgIpc) is 3.32. The number of piperidine rings is 1. The second kappa shape index (κ2) is 5.71. The zero-order valence-electron chi connectivity index (χ0n) is 11.8. The van der Waals surface area contributed by atoms with Crippen LogP contribution in [0.25, 0.3) is 0 Å². The van der Waals surface area contributed by atoms with Crippen molar-refractivity contribution in [2.24, 2.45) is 5.92 Å². The number of rotatable bonds is 3. The smallest absolute Gasteiger partial charge is 0.323 e. The lowest BCUT2D eigenvalue weighted by molar-refractivity contribution is -0.143. The van der Waals surface area contributed by atoms with Gasteiger partial charge in [0.2, 0.25) is 0 Å². The summed E-state index contributed by atoms with van der Waals surface area (Å²) in [7, 11) is 0. The molecule has 2 amide bonds. The van der Waals surface area contributed by atoms with Gasteiger partial charge in [0.1, 0.15) is 5.82 Å². The Bertz CT molecular complexity index is 549. The molecule has 6 nitrogen and oxygen atoms in total. The van der Waals surface area contributed by atoms with Crippen molar-refractivity contribution in [1.82, 2.24) is 9.88 Å². The van der Waals surface area contributed by atoms with Crippen LogP contribution in [0.4, 0.5) is 10.6 Å². The Kier molecular flexibility index (Phi) is 3.77. The Balaban J connectivity index is 1.56. The van der Waals surface area contributed by atoms with Gasteiger partial charge in [0.15, 0.2) is 0 Å². The first-order valence-electron chi connectivity index (χ1n) is 7.38. The van der Waals surface area contributed by atoms with Crippen molar-refractivity contribution in [2.75, 3.05) is 18.4 Å². The molecule has 1 aromatic heterocycles. The van der Waals surface area contributed by atoms with Crippen molar-refractivity contribution in [2.45, 2.75) is 31.6 Å². The number of hydrogen-bond acceptors (Lipinski definition) is 3. The third-order valence-corrected chi connectivity index (χ3v) is 4.20.